The lowest BCUT2D eigenvalue weighted by Crippen LogP contribution is -2.28. The molecule has 1 aliphatic heterocycles. The number of carbonyl (C=O) groups is 2. The Bertz CT molecular complexity index is 695. The highest BCUT2D eigenvalue weighted by molar-refractivity contribution is 8.15. The fourth-order valence-electron chi connectivity index (χ4n) is 2.35. The number of amidine groups is 1. The molecule has 0 bridgehead atoms. The van der Waals surface area contributed by atoms with E-state index in [4.69, 9.17) is 14.2 Å². The van der Waals surface area contributed by atoms with Crippen LogP contribution >= 0.6 is 11.8 Å². The molecule has 1 aliphatic rings. The molecule has 0 unspecified atom stereocenters. The minimum atomic E-state index is -0.521. The van der Waals surface area contributed by atoms with Crippen LogP contribution in [0, 0.1) is 0 Å². The van der Waals surface area contributed by atoms with Crippen molar-refractivity contribution in [3.63, 3.8) is 0 Å². The standard InChI is InChI=1S/C17H23N3O5S/c1-10(9-23-2)18-17-20-16(22)14(26-17)8-15(21)19-12-6-5-11(24-3)7-13(12)25-4/h5-7,10,14H,8-9H2,1-4H3,(H,19,21)(H,18,20,22)/t10-,14+/m1/s1. The number of rotatable bonds is 8. The van der Waals surface area contributed by atoms with E-state index in [0.717, 1.165) is 0 Å². The van der Waals surface area contributed by atoms with Crippen LogP contribution in [0.3, 0.4) is 0 Å². The molecule has 1 aromatic rings. The summed E-state index contributed by atoms with van der Waals surface area (Å²) in [6.07, 6.45) is 0.0311. The summed E-state index contributed by atoms with van der Waals surface area (Å²) in [5.41, 5.74) is 0.518. The van der Waals surface area contributed by atoms with Crippen LogP contribution < -0.4 is 20.1 Å². The summed E-state index contributed by atoms with van der Waals surface area (Å²) < 4.78 is 15.4. The van der Waals surface area contributed by atoms with Gasteiger partial charge in [0.25, 0.3) is 0 Å². The normalized spacial score (nSPS) is 19.2. The maximum atomic E-state index is 12.3. The molecule has 9 heteroatoms. The minimum absolute atomic E-state index is 0.0311. The summed E-state index contributed by atoms with van der Waals surface area (Å²) in [4.78, 5) is 28.7. The van der Waals surface area contributed by atoms with Crippen molar-refractivity contribution in [3.8, 4) is 11.5 Å². The number of methoxy groups -OCH3 is 3. The van der Waals surface area contributed by atoms with Crippen LogP contribution in [-0.4, -0.2) is 56.2 Å². The molecule has 0 spiro atoms. The van der Waals surface area contributed by atoms with Gasteiger partial charge in [-0.25, -0.2) is 0 Å². The van der Waals surface area contributed by atoms with Crippen molar-refractivity contribution in [2.75, 3.05) is 33.3 Å². The Hall–Kier alpha value is -2.26. The van der Waals surface area contributed by atoms with Gasteiger partial charge in [0.05, 0.1) is 32.6 Å². The Balaban J connectivity index is 1.97. The van der Waals surface area contributed by atoms with E-state index in [2.05, 4.69) is 15.6 Å². The largest absolute Gasteiger partial charge is 0.497 e. The first kappa shape index (κ1) is 20.1. The van der Waals surface area contributed by atoms with Gasteiger partial charge in [0, 0.05) is 19.6 Å². The van der Waals surface area contributed by atoms with E-state index in [0.29, 0.717) is 29.0 Å². The van der Waals surface area contributed by atoms with Crippen molar-refractivity contribution in [1.82, 2.24) is 5.32 Å². The molecule has 1 saturated heterocycles. The average Bonchev–Trinajstić information content (AvgIpc) is 2.94. The van der Waals surface area contributed by atoms with Gasteiger partial charge < -0.3 is 24.8 Å². The van der Waals surface area contributed by atoms with Crippen molar-refractivity contribution in [2.24, 2.45) is 4.99 Å². The second-order valence-electron chi connectivity index (χ2n) is 5.65. The third kappa shape index (κ3) is 5.37. The second kappa shape index (κ2) is 9.44. The Labute approximate surface area is 156 Å². The molecule has 8 nitrogen and oxygen atoms in total. The molecule has 2 atom stereocenters. The molecule has 0 aromatic heterocycles. The third-order valence-electron chi connectivity index (χ3n) is 3.58. The molecule has 2 rings (SSSR count). The quantitative estimate of drug-likeness (QED) is 0.711. The molecule has 2 N–H and O–H groups in total. The summed E-state index contributed by atoms with van der Waals surface area (Å²) in [6, 6.07) is 5.02. The highest BCUT2D eigenvalue weighted by atomic mass is 32.2. The molecule has 1 aromatic carbocycles. The number of nitrogens with one attached hydrogen (secondary N) is 2. The van der Waals surface area contributed by atoms with Gasteiger partial charge in [-0.1, -0.05) is 11.8 Å². The minimum Gasteiger partial charge on any atom is -0.497 e. The summed E-state index contributed by atoms with van der Waals surface area (Å²) >= 11 is 1.25. The number of aliphatic imine (C=N–C) groups is 1. The molecule has 0 radical (unpaired) electrons. The van der Waals surface area contributed by atoms with Crippen LogP contribution in [0.25, 0.3) is 0 Å². The maximum Gasteiger partial charge on any atom is 0.240 e. The van der Waals surface area contributed by atoms with Crippen LogP contribution in [-0.2, 0) is 14.3 Å². The van der Waals surface area contributed by atoms with E-state index in [1.807, 2.05) is 6.92 Å². The first-order chi connectivity index (χ1) is 12.5. The lowest BCUT2D eigenvalue weighted by molar-refractivity contribution is -0.122. The molecule has 1 fully saturated rings. The van der Waals surface area contributed by atoms with Crippen molar-refractivity contribution < 1.29 is 23.8 Å². The van der Waals surface area contributed by atoms with Gasteiger partial charge in [-0.2, -0.15) is 0 Å². The topological polar surface area (TPSA) is 98.2 Å². The Kier molecular flexibility index (Phi) is 7.28. The van der Waals surface area contributed by atoms with Crippen LogP contribution in [0.1, 0.15) is 13.3 Å². The molecule has 2 amide bonds. The summed E-state index contributed by atoms with van der Waals surface area (Å²) in [6.45, 7) is 2.35. The summed E-state index contributed by atoms with van der Waals surface area (Å²) in [5.74, 6) is 0.594. The third-order valence-corrected chi connectivity index (χ3v) is 4.67. The van der Waals surface area contributed by atoms with Crippen LogP contribution in [0.5, 0.6) is 11.5 Å². The first-order valence-corrected chi connectivity index (χ1v) is 8.91. The monoisotopic (exact) mass is 381 g/mol. The number of nitrogens with zero attached hydrogens (tertiary/aromatic N) is 1. The zero-order valence-corrected chi connectivity index (χ0v) is 16.0. The van der Waals surface area contributed by atoms with Crippen molar-refractivity contribution >= 4 is 34.4 Å². The average molecular weight is 381 g/mol. The van der Waals surface area contributed by atoms with Crippen LogP contribution in [0.15, 0.2) is 23.2 Å². The number of hydrogen-bond donors (Lipinski definition) is 2. The maximum absolute atomic E-state index is 12.3. The Morgan fingerprint density at radius 3 is 2.77 bits per heavy atom. The van der Waals surface area contributed by atoms with Crippen molar-refractivity contribution in [1.29, 1.82) is 0 Å². The summed E-state index contributed by atoms with van der Waals surface area (Å²) in [5, 5.41) is 5.45. The lowest BCUT2D eigenvalue weighted by Gasteiger charge is -2.12. The smallest absolute Gasteiger partial charge is 0.240 e. The predicted octanol–water partition coefficient (Wildman–Crippen LogP) is 1.65. The number of benzene rings is 1. The molecule has 0 saturated carbocycles. The highest BCUT2D eigenvalue weighted by Crippen LogP contribution is 2.30. The second-order valence-corrected chi connectivity index (χ2v) is 6.84. The van der Waals surface area contributed by atoms with E-state index in [1.165, 1.54) is 18.9 Å². The van der Waals surface area contributed by atoms with E-state index in [9.17, 15) is 9.59 Å². The van der Waals surface area contributed by atoms with Crippen molar-refractivity contribution in [3.05, 3.63) is 18.2 Å². The predicted molar refractivity (Wildman–Crippen MR) is 101 cm³/mol. The molecule has 1 heterocycles. The summed E-state index contributed by atoms with van der Waals surface area (Å²) in [7, 11) is 4.65. The van der Waals surface area contributed by atoms with E-state index >= 15 is 0 Å². The molecular weight excluding hydrogens is 358 g/mol. The number of amides is 2. The molecule has 26 heavy (non-hydrogen) atoms. The van der Waals surface area contributed by atoms with Crippen LogP contribution in [0.2, 0.25) is 0 Å². The van der Waals surface area contributed by atoms with E-state index in [-0.39, 0.29) is 24.3 Å². The number of anilines is 1. The van der Waals surface area contributed by atoms with Gasteiger partial charge in [0.15, 0.2) is 5.17 Å². The molecule has 142 valence electrons. The first-order valence-electron chi connectivity index (χ1n) is 8.03. The fourth-order valence-corrected chi connectivity index (χ4v) is 3.42. The van der Waals surface area contributed by atoms with Gasteiger partial charge >= 0.3 is 0 Å². The number of carbonyl (C=O) groups excluding carboxylic acids is 2. The molecule has 0 aliphatic carbocycles. The zero-order valence-electron chi connectivity index (χ0n) is 15.2. The van der Waals surface area contributed by atoms with Crippen LogP contribution in [0.4, 0.5) is 5.69 Å². The van der Waals surface area contributed by atoms with E-state index < -0.39 is 5.25 Å². The zero-order chi connectivity index (χ0) is 19.1. The fraction of sp³-hybridized carbons (Fsp3) is 0.471. The lowest BCUT2D eigenvalue weighted by atomic mass is 10.2. The molecular formula is C17H23N3O5S. The van der Waals surface area contributed by atoms with Gasteiger partial charge in [-0.3, -0.25) is 14.6 Å². The number of thioether (sulfide) groups is 1. The van der Waals surface area contributed by atoms with Crippen molar-refractivity contribution in [2.45, 2.75) is 24.6 Å². The van der Waals surface area contributed by atoms with Gasteiger partial charge in [-0.15, -0.1) is 0 Å². The number of ether oxygens (including phenoxy) is 3. The number of hydrogen-bond acceptors (Lipinski definition) is 7. The Morgan fingerprint density at radius 1 is 1.35 bits per heavy atom. The van der Waals surface area contributed by atoms with Gasteiger partial charge in [0.1, 0.15) is 16.7 Å². The Morgan fingerprint density at radius 2 is 2.12 bits per heavy atom. The SMILES string of the molecule is COC[C@@H](C)N=C1NC(=O)[C@H](CC(=O)Nc2ccc(OC)cc2OC)S1. The highest BCUT2D eigenvalue weighted by Gasteiger charge is 2.32. The van der Waals surface area contributed by atoms with E-state index in [1.54, 1.807) is 32.4 Å². The van der Waals surface area contributed by atoms with Gasteiger partial charge in [-0.05, 0) is 19.1 Å². The van der Waals surface area contributed by atoms with Gasteiger partial charge in [0.2, 0.25) is 11.8 Å².